The van der Waals surface area contributed by atoms with Gasteiger partial charge >= 0.3 is 11.9 Å². The van der Waals surface area contributed by atoms with Crippen LogP contribution in [0.2, 0.25) is 0 Å². The number of allylic oxidation sites excluding steroid dienone is 2. The number of aryl methyl sites for hydroxylation is 2. The van der Waals surface area contributed by atoms with Crippen molar-refractivity contribution in [2.45, 2.75) is 260 Å². The van der Waals surface area contributed by atoms with Crippen molar-refractivity contribution in [3.8, 4) is 17.6 Å². The zero-order valence-electron chi connectivity index (χ0n) is 51.1. The van der Waals surface area contributed by atoms with Gasteiger partial charge in [0.15, 0.2) is 0 Å². The van der Waals surface area contributed by atoms with E-state index in [1.807, 2.05) is 57.2 Å². The first-order chi connectivity index (χ1) is 40.7. The van der Waals surface area contributed by atoms with E-state index in [1.165, 1.54) is 0 Å². The predicted octanol–water partition coefficient (Wildman–Crippen LogP) is 9.23. The molecule has 3 aromatic carbocycles. The summed E-state index contributed by atoms with van der Waals surface area (Å²) in [7, 11) is 0. The standard InChI is InChI=1S/C71H100N2O12/c1-5-7-19-61(77)62(78)32-25-50-24-23-49-17-14-16-48(6-2)56(49)18-15-38-71(68(4,85)70(36-12-9-13-37-70)53-26-28-54(75)29-27-53)43-47-21-22-51(52(39-47)44-69(67(83)84)34-10-8-11-35-69)40-64(80)57-30-20-46(3)72-66(59(57)42-65(81)82)63(79)33-31-60(73-71)58(50)41-55(76)45-74/h14,16-17,21-22,25-29,32,39,46,55,57,59-64,66,72-80,85H,5-13,19-20,23-24,30-31,33-38,40-45H2,1-4H3,(H,81,82)(H,83,84)/b32-25+,58-50+/t46-,55+,57-,59-,60-,61+,62-,63-,64-,66-,68+,71-/m1/s1. The van der Waals surface area contributed by atoms with Crippen molar-refractivity contribution >= 4 is 11.9 Å². The Morgan fingerprint density at radius 2 is 1.56 bits per heavy atom. The fraction of sp³-hybridized carbons (Fsp3) is 0.634. The number of aliphatic carboxylic acids is 2. The number of fused-ring (bicyclic) bond motifs is 6. The number of carboxylic acids is 2. The Kier molecular flexibility index (Phi) is 22.8. The molecule has 6 bridgehead atoms. The van der Waals surface area contributed by atoms with Crippen molar-refractivity contribution in [3.63, 3.8) is 0 Å². The summed E-state index contributed by atoms with van der Waals surface area (Å²) in [6.07, 6.45) is 9.56. The number of phenols is 1. The summed E-state index contributed by atoms with van der Waals surface area (Å²) < 4.78 is 0. The van der Waals surface area contributed by atoms with Crippen LogP contribution in [0.3, 0.4) is 0 Å². The van der Waals surface area contributed by atoms with Crippen molar-refractivity contribution in [1.29, 1.82) is 0 Å². The molecule has 4 heterocycles. The molecule has 6 aliphatic rings. The van der Waals surface area contributed by atoms with Crippen LogP contribution in [0.1, 0.15) is 201 Å². The maximum Gasteiger partial charge on any atom is 0.309 e. The number of aliphatic hydroxyl groups excluding tert-OH is 6. The summed E-state index contributed by atoms with van der Waals surface area (Å²) in [6.45, 7) is 7.44. The van der Waals surface area contributed by atoms with Gasteiger partial charge in [0, 0.05) is 35.5 Å². The van der Waals surface area contributed by atoms with E-state index in [4.69, 9.17) is 0 Å². The maximum absolute atomic E-state index is 14.9. The van der Waals surface area contributed by atoms with Gasteiger partial charge in [0.1, 0.15) is 5.75 Å². The first-order valence-electron chi connectivity index (χ1n) is 32.3. The molecule has 2 aliphatic carbocycles. The van der Waals surface area contributed by atoms with E-state index in [1.54, 1.807) is 18.2 Å². The summed E-state index contributed by atoms with van der Waals surface area (Å²) in [5.41, 5.74) is 2.12. The first kappa shape index (κ1) is 66.0. The molecule has 1 saturated heterocycles. The molecular weight excluding hydrogens is 1070 g/mol. The van der Waals surface area contributed by atoms with E-state index in [-0.39, 0.29) is 63.2 Å². The number of carboxylic acid groups (broad SMARTS) is 2. The van der Waals surface area contributed by atoms with Crippen LogP contribution in [0.25, 0.3) is 0 Å². The second-order valence-corrected chi connectivity index (χ2v) is 26.6. The van der Waals surface area contributed by atoms with Crippen LogP contribution in [0.15, 0.2) is 84.0 Å². The zero-order valence-corrected chi connectivity index (χ0v) is 51.1. The summed E-state index contributed by atoms with van der Waals surface area (Å²) in [4.78, 5) is 26.8. The molecule has 14 nitrogen and oxygen atoms in total. The third-order valence-electron chi connectivity index (χ3n) is 21.1. The van der Waals surface area contributed by atoms with Crippen LogP contribution >= 0.6 is 0 Å². The fourth-order valence-electron chi connectivity index (χ4n) is 16.0. The molecule has 12 N–H and O–H groups in total. The Bertz CT molecular complexity index is 2840. The lowest BCUT2D eigenvalue weighted by molar-refractivity contribution is -0.151. The minimum Gasteiger partial charge on any atom is -0.508 e. The van der Waals surface area contributed by atoms with Crippen LogP contribution in [0.5, 0.6) is 5.75 Å². The van der Waals surface area contributed by atoms with Crippen LogP contribution in [0.4, 0.5) is 0 Å². The second kappa shape index (κ2) is 29.4. The van der Waals surface area contributed by atoms with Gasteiger partial charge in [0.05, 0.1) is 60.1 Å². The Hall–Kier alpha value is -4.92. The molecule has 0 radical (unpaired) electrons. The van der Waals surface area contributed by atoms with E-state index in [2.05, 4.69) is 47.6 Å². The largest absolute Gasteiger partial charge is 0.508 e. The molecule has 0 aromatic heterocycles. The number of unbranched alkanes of at least 4 members (excludes halogenated alkanes) is 1. The summed E-state index contributed by atoms with van der Waals surface area (Å²) in [5.74, 6) is 4.23. The maximum atomic E-state index is 14.9. The molecule has 0 unspecified atom stereocenters. The number of hydrogen-bond donors (Lipinski definition) is 12. The summed E-state index contributed by atoms with van der Waals surface area (Å²) in [5, 5.41) is 127. The van der Waals surface area contributed by atoms with Crippen LogP contribution in [0, 0.1) is 29.1 Å². The highest BCUT2D eigenvalue weighted by atomic mass is 16.4. The van der Waals surface area contributed by atoms with Crippen molar-refractivity contribution in [2.24, 2.45) is 17.3 Å². The molecule has 14 heteroatoms. The molecule has 4 aliphatic heterocycles. The minimum absolute atomic E-state index is 0.0542. The summed E-state index contributed by atoms with van der Waals surface area (Å²) in [6, 6.07) is 17.6. The lowest BCUT2D eigenvalue weighted by Gasteiger charge is -2.59. The van der Waals surface area contributed by atoms with Crippen molar-refractivity contribution in [2.75, 3.05) is 6.61 Å². The van der Waals surface area contributed by atoms with E-state index in [0.717, 1.165) is 83.9 Å². The van der Waals surface area contributed by atoms with Gasteiger partial charge in [-0.2, -0.15) is 0 Å². The number of aromatic hydroxyl groups is 1. The smallest absolute Gasteiger partial charge is 0.309 e. The van der Waals surface area contributed by atoms with Crippen LogP contribution in [-0.2, 0) is 47.1 Å². The third kappa shape index (κ3) is 15.2. The molecule has 3 fully saturated rings. The van der Waals surface area contributed by atoms with Gasteiger partial charge in [-0.15, -0.1) is 0 Å². The number of carbonyl (C=O) groups is 2. The fourth-order valence-corrected chi connectivity index (χ4v) is 16.0. The molecular formula is C71H100N2O12. The quantitative estimate of drug-likeness (QED) is 0.0530. The highest BCUT2D eigenvalue weighted by Crippen LogP contribution is 2.54. The molecule has 9 rings (SSSR count). The highest BCUT2D eigenvalue weighted by molar-refractivity contribution is 5.75. The van der Waals surface area contributed by atoms with Gasteiger partial charge in [0.2, 0.25) is 0 Å². The number of rotatable bonds is 18. The van der Waals surface area contributed by atoms with E-state index in [9.17, 15) is 60.7 Å². The van der Waals surface area contributed by atoms with Crippen LogP contribution in [-0.4, -0.2) is 129 Å². The Labute approximate surface area is 505 Å². The number of aliphatic hydroxyl groups is 7. The normalized spacial score (nSPS) is 29.3. The van der Waals surface area contributed by atoms with E-state index in [0.29, 0.717) is 81.8 Å². The van der Waals surface area contributed by atoms with Crippen molar-refractivity contribution in [1.82, 2.24) is 10.6 Å². The molecule has 0 amide bonds. The molecule has 2 saturated carbocycles. The van der Waals surface area contributed by atoms with Crippen LogP contribution < -0.4 is 10.6 Å². The Balaban J connectivity index is 1.49. The molecule has 0 spiro atoms. The average Bonchev–Trinajstić information content (AvgIpc) is 1.03. The van der Waals surface area contributed by atoms with E-state index < -0.39 is 95.0 Å². The average molecular weight is 1170 g/mol. The predicted molar refractivity (Wildman–Crippen MR) is 331 cm³/mol. The zero-order chi connectivity index (χ0) is 61.1. The number of nitrogens with one attached hydrogen (secondary N) is 2. The molecule has 12 atom stereocenters. The number of phenolic OH excluding ortho intramolecular Hbond substituents is 1. The van der Waals surface area contributed by atoms with E-state index >= 15 is 0 Å². The second-order valence-electron chi connectivity index (χ2n) is 26.6. The van der Waals surface area contributed by atoms with Gasteiger partial charge in [-0.1, -0.05) is 138 Å². The van der Waals surface area contributed by atoms with Gasteiger partial charge in [-0.3, -0.25) is 9.59 Å². The van der Waals surface area contributed by atoms with Crippen molar-refractivity contribution in [3.05, 3.63) is 123 Å². The number of hydrogen-bond acceptors (Lipinski definition) is 12. The number of benzene rings is 3. The molecule has 3 aromatic rings. The molecule has 85 heavy (non-hydrogen) atoms. The highest BCUT2D eigenvalue weighted by Gasteiger charge is 2.61. The minimum atomic E-state index is -1.75. The Morgan fingerprint density at radius 3 is 2.24 bits per heavy atom. The Morgan fingerprint density at radius 1 is 0.847 bits per heavy atom. The monoisotopic (exact) mass is 1170 g/mol. The third-order valence-corrected chi connectivity index (χ3v) is 21.1. The van der Waals surface area contributed by atoms with Gasteiger partial charge < -0.3 is 61.7 Å². The summed E-state index contributed by atoms with van der Waals surface area (Å²) >= 11 is 0. The topological polar surface area (TPSA) is 260 Å². The van der Waals surface area contributed by atoms with Gasteiger partial charge in [-0.05, 0) is 185 Å². The van der Waals surface area contributed by atoms with Gasteiger partial charge in [0.25, 0.3) is 0 Å². The first-order valence-corrected chi connectivity index (χ1v) is 32.3. The lowest BCUT2D eigenvalue weighted by atomic mass is 9.52. The van der Waals surface area contributed by atoms with Crippen molar-refractivity contribution < 1.29 is 60.7 Å². The van der Waals surface area contributed by atoms with Gasteiger partial charge in [-0.25, -0.2) is 0 Å². The lowest BCUT2D eigenvalue weighted by Crippen LogP contribution is -2.73. The SMILES string of the molecule is CCCC[C@H](O)[C@H](O)/C=C/C1=C(\C[C@H](O)CO)[C@H]2CC[C@@H](O)[C@@H]3N[C@H](C)CC[C@H]([C@H]3CC(=O)O)[C@H](O)Cc3ccc(cc3CC3(C(=O)O)CCCCC3)C[C@@]([C@@](C)(O)C3(c4ccc(O)cc4)CCCCC3)(CC#Cc3c(CC)cccc3CC1)N2. The molecule has 466 valence electrons.